The molecule has 2 heterocycles. The van der Waals surface area contributed by atoms with E-state index in [4.69, 9.17) is 15.2 Å². The van der Waals surface area contributed by atoms with Crippen molar-refractivity contribution >= 4 is 11.4 Å². The molecule has 3 rings (SSSR count). The summed E-state index contributed by atoms with van der Waals surface area (Å²) < 4.78 is 11.4. The summed E-state index contributed by atoms with van der Waals surface area (Å²) in [5.41, 5.74) is 7.71. The van der Waals surface area contributed by atoms with Crippen LogP contribution in [0, 0.1) is 0 Å². The van der Waals surface area contributed by atoms with Crippen molar-refractivity contribution in [3.05, 3.63) is 18.2 Å². The van der Waals surface area contributed by atoms with Crippen LogP contribution in [0.25, 0.3) is 0 Å². The Hall–Kier alpha value is -1.50. The van der Waals surface area contributed by atoms with Gasteiger partial charge in [-0.25, -0.2) is 0 Å². The van der Waals surface area contributed by atoms with E-state index >= 15 is 0 Å². The monoisotopic (exact) mass is 334 g/mol. The van der Waals surface area contributed by atoms with Gasteiger partial charge in [0.1, 0.15) is 12.4 Å². The fourth-order valence-corrected chi connectivity index (χ4v) is 3.31. The van der Waals surface area contributed by atoms with Crippen molar-refractivity contribution in [2.75, 3.05) is 76.3 Å². The maximum absolute atomic E-state index is 5.82. The first kappa shape index (κ1) is 17.3. The van der Waals surface area contributed by atoms with Gasteiger partial charge in [0.15, 0.2) is 0 Å². The second-order valence-corrected chi connectivity index (χ2v) is 6.47. The van der Waals surface area contributed by atoms with Crippen LogP contribution in [0.5, 0.6) is 5.75 Å². The molecule has 0 amide bonds. The zero-order valence-electron chi connectivity index (χ0n) is 14.5. The van der Waals surface area contributed by atoms with Crippen LogP contribution in [-0.4, -0.2) is 70.5 Å². The highest BCUT2D eigenvalue weighted by Crippen LogP contribution is 2.32. The summed E-state index contributed by atoms with van der Waals surface area (Å²) in [4.78, 5) is 4.83. The van der Waals surface area contributed by atoms with Crippen molar-refractivity contribution < 1.29 is 9.47 Å². The third kappa shape index (κ3) is 5.00. The van der Waals surface area contributed by atoms with Crippen molar-refractivity contribution in [1.82, 2.24) is 10.2 Å². The zero-order chi connectivity index (χ0) is 16.6. The van der Waals surface area contributed by atoms with Gasteiger partial charge < -0.3 is 30.3 Å². The summed E-state index contributed by atoms with van der Waals surface area (Å²) in [7, 11) is 0. The van der Waals surface area contributed by atoms with Gasteiger partial charge >= 0.3 is 0 Å². The molecule has 0 aromatic heterocycles. The lowest BCUT2D eigenvalue weighted by Gasteiger charge is -2.31. The number of hydrogen-bond donors (Lipinski definition) is 2. The zero-order valence-corrected chi connectivity index (χ0v) is 14.5. The fourth-order valence-electron chi connectivity index (χ4n) is 3.31. The second-order valence-electron chi connectivity index (χ2n) is 6.47. The Labute approximate surface area is 144 Å². The predicted molar refractivity (Wildman–Crippen MR) is 97.9 cm³/mol. The van der Waals surface area contributed by atoms with E-state index in [1.165, 1.54) is 25.9 Å². The highest BCUT2D eigenvalue weighted by atomic mass is 16.5. The topological polar surface area (TPSA) is 63.0 Å². The Morgan fingerprint density at radius 2 is 1.96 bits per heavy atom. The molecule has 6 nitrogen and oxygen atoms in total. The van der Waals surface area contributed by atoms with Gasteiger partial charge in [-0.2, -0.15) is 0 Å². The minimum absolute atomic E-state index is 0.718. The Morgan fingerprint density at radius 3 is 2.83 bits per heavy atom. The van der Waals surface area contributed by atoms with E-state index in [1.54, 1.807) is 0 Å². The standard InChI is InChI=1S/C18H30N4O2/c19-16-3-4-17-18(15-16)24-14-11-22(17)9-5-20-6-12-23-13-10-21-7-1-2-8-21/h3-4,15,20H,1-2,5-14,19H2. The number of likely N-dealkylation sites (tertiary alicyclic amines) is 1. The Balaban J connectivity index is 1.26. The first-order chi connectivity index (χ1) is 11.8. The number of nitrogens with one attached hydrogen (secondary N) is 1. The number of fused-ring (bicyclic) bond motifs is 1. The number of nitrogen functional groups attached to an aromatic ring is 1. The van der Waals surface area contributed by atoms with Crippen LogP contribution in [0.1, 0.15) is 12.8 Å². The average molecular weight is 334 g/mol. The van der Waals surface area contributed by atoms with Crippen LogP contribution in [0.15, 0.2) is 18.2 Å². The highest BCUT2D eigenvalue weighted by molar-refractivity contribution is 5.65. The first-order valence-corrected chi connectivity index (χ1v) is 9.11. The molecule has 1 aromatic carbocycles. The number of ether oxygens (including phenoxy) is 2. The van der Waals surface area contributed by atoms with Gasteiger partial charge in [0.05, 0.1) is 25.4 Å². The lowest BCUT2D eigenvalue weighted by molar-refractivity contribution is 0.113. The summed E-state index contributed by atoms with van der Waals surface area (Å²) in [5.74, 6) is 0.895. The minimum atomic E-state index is 0.718. The van der Waals surface area contributed by atoms with Crippen molar-refractivity contribution in [2.24, 2.45) is 0 Å². The summed E-state index contributed by atoms with van der Waals surface area (Å²) in [6.07, 6.45) is 2.69. The van der Waals surface area contributed by atoms with E-state index in [9.17, 15) is 0 Å². The smallest absolute Gasteiger partial charge is 0.144 e. The number of hydrogen-bond acceptors (Lipinski definition) is 6. The van der Waals surface area contributed by atoms with Gasteiger partial charge in [0.25, 0.3) is 0 Å². The largest absolute Gasteiger partial charge is 0.489 e. The van der Waals surface area contributed by atoms with Crippen molar-refractivity contribution in [2.45, 2.75) is 12.8 Å². The van der Waals surface area contributed by atoms with Gasteiger partial charge in [-0.15, -0.1) is 0 Å². The van der Waals surface area contributed by atoms with Gasteiger partial charge in [0, 0.05) is 37.9 Å². The molecule has 1 saturated heterocycles. The molecule has 1 fully saturated rings. The Bertz CT molecular complexity index is 506. The maximum atomic E-state index is 5.82. The second kappa shape index (κ2) is 9.11. The molecular formula is C18H30N4O2. The first-order valence-electron chi connectivity index (χ1n) is 9.11. The molecule has 0 atom stereocenters. The van der Waals surface area contributed by atoms with Crippen LogP contribution in [0.2, 0.25) is 0 Å². The number of rotatable bonds is 9. The highest BCUT2D eigenvalue weighted by Gasteiger charge is 2.17. The third-order valence-electron chi connectivity index (χ3n) is 4.68. The molecule has 24 heavy (non-hydrogen) atoms. The molecule has 0 saturated carbocycles. The molecule has 1 aromatic rings. The van der Waals surface area contributed by atoms with E-state index in [0.29, 0.717) is 0 Å². The molecule has 3 N–H and O–H groups in total. The lowest BCUT2D eigenvalue weighted by atomic mass is 10.2. The Kier molecular flexibility index (Phi) is 6.57. The summed E-state index contributed by atoms with van der Waals surface area (Å²) in [6.45, 7) is 9.65. The minimum Gasteiger partial charge on any atom is -0.489 e. The predicted octanol–water partition coefficient (Wildman–Crippen LogP) is 1.17. The average Bonchev–Trinajstić information content (AvgIpc) is 3.10. The van der Waals surface area contributed by atoms with Gasteiger partial charge in [-0.1, -0.05) is 0 Å². The van der Waals surface area contributed by atoms with E-state index in [-0.39, 0.29) is 0 Å². The number of benzene rings is 1. The van der Waals surface area contributed by atoms with E-state index in [2.05, 4.69) is 15.1 Å². The van der Waals surface area contributed by atoms with Crippen LogP contribution in [0.4, 0.5) is 11.4 Å². The molecule has 0 aliphatic carbocycles. The summed E-state index contributed by atoms with van der Waals surface area (Å²) in [5, 5.41) is 3.46. The number of nitrogens with two attached hydrogens (primary N) is 1. The molecule has 0 unspecified atom stereocenters. The van der Waals surface area contributed by atoms with Crippen LogP contribution in [0.3, 0.4) is 0 Å². The van der Waals surface area contributed by atoms with E-state index in [1.807, 2.05) is 18.2 Å². The van der Waals surface area contributed by atoms with Gasteiger partial charge in [-0.3, -0.25) is 0 Å². The van der Waals surface area contributed by atoms with E-state index < -0.39 is 0 Å². The third-order valence-corrected chi connectivity index (χ3v) is 4.68. The molecule has 2 aliphatic rings. The normalized spacial score (nSPS) is 17.8. The molecule has 0 radical (unpaired) electrons. The molecule has 0 spiro atoms. The number of nitrogens with zero attached hydrogens (tertiary/aromatic N) is 2. The summed E-state index contributed by atoms with van der Waals surface area (Å²) in [6, 6.07) is 5.89. The number of anilines is 2. The maximum Gasteiger partial charge on any atom is 0.144 e. The van der Waals surface area contributed by atoms with Gasteiger partial charge in [-0.05, 0) is 38.1 Å². The van der Waals surface area contributed by atoms with Crippen molar-refractivity contribution in [3.63, 3.8) is 0 Å². The van der Waals surface area contributed by atoms with Crippen molar-refractivity contribution in [3.8, 4) is 5.75 Å². The fraction of sp³-hybridized carbons (Fsp3) is 0.667. The molecule has 134 valence electrons. The van der Waals surface area contributed by atoms with Gasteiger partial charge in [0.2, 0.25) is 0 Å². The molecular weight excluding hydrogens is 304 g/mol. The van der Waals surface area contributed by atoms with Crippen LogP contribution < -0.4 is 20.7 Å². The summed E-state index contributed by atoms with van der Waals surface area (Å²) >= 11 is 0. The Morgan fingerprint density at radius 1 is 1.08 bits per heavy atom. The SMILES string of the molecule is Nc1ccc2c(c1)OCCN2CCNCCOCCN1CCCC1. The molecule has 0 bridgehead atoms. The molecule has 2 aliphatic heterocycles. The molecule has 6 heteroatoms. The van der Waals surface area contributed by atoms with E-state index in [0.717, 1.165) is 69.7 Å². The van der Waals surface area contributed by atoms with Crippen LogP contribution in [-0.2, 0) is 4.74 Å². The quantitative estimate of drug-likeness (QED) is 0.522. The van der Waals surface area contributed by atoms with Crippen molar-refractivity contribution in [1.29, 1.82) is 0 Å². The lowest BCUT2D eigenvalue weighted by Crippen LogP contribution is -2.38. The van der Waals surface area contributed by atoms with Crippen LogP contribution >= 0.6 is 0 Å².